The lowest BCUT2D eigenvalue weighted by Gasteiger charge is -2.27. The lowest BCUT2D eigenvalue weighted by atomic mass is 9.93. The molecule has 16 heavy (non-hydrogen) atoms. The normalized spacial score (nSPS) is 16.1. The second-order valence-electron chi connectivity index (χ2n) is 5.59. The Kier molecular flexibility index (Phi) is 4.16. The van der Waals surface area contributed by atoms with Gasteiger partial charge in [-0.05, 0) is 64.6 Å². The van der Waals surface area contributed by atoms with Gasteiger partial charge < -0.3 is 10.4 Å². The third-order valence-corrected chi connectivity index (χ3v) is 3.55. The molecule has 1 aromatic heterocycles. The highest BCUT2D eigenvalue weighted by Gasteiger charge is 2.25. The van der Waals surface area contributed by atoms with Crippen molar-refractivity contribution in [1.29, 1.82) is 0 Å². The Balaban J connectivity index is 2.56. The van der Waals surface area contributed by atoms with Crippen molar-refractivity contribution in [3.05, 3.63) is 21.9 Å². The average molecular weight is 241 g/mol. The van der Waals surface area contributed by atoms with Crippen molar-refractivity contribution < 1.29 is 5.11 Å². The molecule has 0 aliphatic heterocycles. The first-order valence-electron chi connectivity index (χ1n) is 5.74. The summed E-state index contributed by atoms with van der Waals surface area (Å²) in [6, 6.07) is 2.02. The van der Waals surface area contributed by atoms with Crippen molar-refractivity contribution in [2.24, 2.45) is 0 Å². The Bertz CT molecular complexity index is 336. The summed E-state index contributed by atoms with van der Waals surface area (Å²) >= 11 is 1.69. The van der Waals surface area contributed by atoms with Crippen molar-refractivity contribution in [3.63, 3.8) is 0 Å². The molecule has 1 unspecified atom stereocenters. The maximum Gasteiger partial charge on any atom is 0.0891 e. The number of thiophene rings is 1. The molecule has 0 spiro atoms. The van der Waals surface area contributed by atoms with E-state index in [0.29, 0.717) is 0 Å². The van der Waals surface area contributed by atoms with Crippen molar-refractivity contribution in [2.45, 2.75) is 52.2 Å². The van der Waals surface area contributed by atoms with E-state index in [1.807, 2.05) is 18.4 Å². The molecule has 1 atom stereocenters. The standard InChI is InChI=1S/C13H23NOS/c1-10-11(6-9-16-10)13(5,15)7-8-14-12(2,3)4/h6,9,14-15H,7-8H2,1-5H3. The molecule has 92 valence electrons. The van der Waals surface area contributed by atoms with Gasteiger partial charge in [0.25, 0.3) is 0 Å². The predicted octanol–water partition coefficient (Wildman–Crippen LogP) is 3.04. The zero-order chi connectivity index (χ0) is 12.4. The van der Waals surface area contributed by atoms with E-state index in [2.05, 4.69) is 33.0 Å². The minimum absolute atomic E-state index is 0.111. The van der Waals surface area contributed by atoms with Crippen molar-refractivity contribution in [3.8, 4) is 0 Å². The highest BCUT2D eigenvalue weighted by Crippen LogP contribution is 2.30. The molecule has 2 N–H and O–H groups in total. The van der Waals surface area contributed by atoms with Gasteiger partial charge in [-0.15, -0.1) is 11.3 Å². The molecule has 0 radical (unpaired) electrons. The molecule has 1 heterocycles. The average Bonchev–Trinajstić information content (AvgIpc) is 2.48. The van der Waals surface area contributed by atoms with Gasteiger partial charge in [0.05, 0.1) is 5.60 Å². The van der Waals surface area contributed by atoms with Gasteiger partial charge in [0, 0.05) is 10.4 Å². The van der Waals surface area contributed by atoms with Gasteiger partial charge in [-0.25, -0.2) is 0 Å². The molecule has 0 aliphatic carbocycles. The van der Waals surface area contributed by atoms with Gasteiger partial charge in [0.15, 0.2) is 0 Å². The zero-order valence-corrected chi connectivity index (χ0v) is 11.7. The Morgan fingerprint density at radius 2 is 1.94 bits per heavy atom. The summed E-state index contributed by atoms with van der Waals surface area (Å²) in [4.78, 5) is 1.21. The Hall–Kier alpha value is -0.380. The first-order chi connectivity index (χ1) is 7.22. The first kappa shape index (κ1) is 13.7. The summed E-state index contributed by atoms with van der Waals surface area (Å²) in [7, 11) is 0. The number of rotatable bonds is 4. The third kappa shape index (κ3) is 3.89. The van der Waals surface area contributed by atoms with Crippen LogP contribution in [0.2, 0.25) is 0 Å². The molecule has 0 bridgehead atoms. The largest absolute Gasteiger partial charge is 0.385 e. The monoisotopic (exact) mass is 241 g/mol. The highest BCUT2D eigenvalue weighted by atomic mass is 32.1. The minimum Gasteiger partial charge on any atom is -0.385 e. The van der Waals surface area contributed by atoms with Crippen LogP contribution in [0.4, 0.5) is 0 Å². The van der Waals surface area contributed by atoms with E-state index < -0.39 is 5.60 Å². The van der Waals surface area contributed by atoms with Crippen LogP contribution in [-0.2, 0) is 5.60 Å². The third-order valence-electron chi connectivity index (χ3n) is 2.71. The van der Waals surface area contributed by atoms with Gasteiger partial charge in [-0.3, -0.25) is 0 Å². The maximum atomic E-state index is 10.4. The number of nitrogens with one attached hydrogen (secondary N) is 1. The molecular formula is C13H23NOS. The zero-order valence-electron chi connectivity index (χ0n) is 10.9. The Labute approximate surface area is 103 Å². The van der Waals surface area contributed by atoms with E-state index in [1.54, 1.807) is 11.3 Å². The summed E-state index contributed by atoms with van der Waals surface area (Å²) in [6.45, 7) is 11.2. The molecular weight excluding hydrogens is 218 g/mol. The van der Waals surface area contributed by atoms with Gasteiger partial charge in [0.2, 0.25) is 0 Å². The summed E-state index contributed by atoms with van der Waals surface area (Å²) in [5, 5.41) is 15.9. The lowest BCUT2D eigenvalue weighted by Crippen LogP contribution is -2.39. The molecule has 0 saturated heterocycles. The Morgan fingerprint density at radius 1 is 1.31 bits per heavy atom. The molecule has 0 fully saturated rings. The summed E-state index contributed by atoms with van der Waals surface area (Å²) in [5.41, 5.74) is 0.454. The van der Waals surface area contributed by atoms with Crippen LogP contribution in [0.25, 0.3) is 0 Å². The quantitative estimate of drug-likeness (QED) is 0.849. The van der Waals surface area contributed by atoms with E-state index in [-0.39, 0.29) is 5.54 Å². The fraction of sp³-hybridized carbons (Fsp3) is 0.692. The lowest BCUT2D eigenvalue weighted by molar-refractivity contribution is 0.0463. The van der Waals surface area contributed by atoms with E-state index in [4.69, 9.17) is 0 Å². The SMILES string of the molecule is Cc1sccc1C(C)(O)CCNC(C)(C)C. The van der Waals surface area contributed by atoms with Gasteiger partial charge in [-0.1, -0.05) is 0 Å². The number of aliphatic hydroxyl groups is 1. The number of hydrogen-bond acceptors (Lipinski definition) is 3. The van der Waals surface area contributed by atoms with Gasteiger partial charge >= 0.3 is 0 Å². The molecule has 1 aromatic rings. The molecule has 3 heteroatoms. The predicted molar refractivity (Wildman–Crippen MR) is 71.0 cm³/mol. The second kappa shape index (κ2) is 4.86. The Morgan fingerprint density at radius 3 is 2.38 bits per heavy atom. The first-order valence-corrected chi connectivity index (χ1v) is 6.62. The molecule has 0 amide bonds. The van der Waals surface area contributed by atoms with Crippen LogP contribution in [0.1, 0.15) is 44.6 Å². The molecule has 2 nitrogen and oxygen atoms in total. The number of aryl methyl sites for hydroxylation is 1. The van der Waals surface area contributed by atoms with Crippen LogP contribution in [0.5, 0.6) is 0 Å². The molecule has 0 aromatic carbocycles. The summed E-state index contributed by atoms with van der Waals surface area (Å²) < 4.78 is 0. The summed E-state index contributed by atoms with van der Waals surface area (Å²) in [6.07, 6.45) is 0.738. The van der Waals surface area contributed by atoms with E-state index >= 15 is 0 Å². The van der Waals surface area contributed by atoms with Crippen LogP contribution in [-0.4, -0.2) is 17.2 Å². The van der Waals surface area contributed by atoms with Gasteiger partial charge in [-0.2, -0.15) is 0 Å². The highest BCUT2D eigenvalue weighted by molar-refractivity contribution is 7.10. The van der Waals surface area contributed by atoms with Crippen molar-refractivity contribution in [2.75, 3.05) is 6.54 Å². The van der Waals surface area contributed by atoms with Crippen LogP contribution >= 0.6 is 11.3 Å². The second-order valence-corrected chi connectivity index (χ2v) is 6.71. The van der Waals surface area contributed by atoms with Crippen LogP contribution in [0.15, 0.2) is 11.4 Å². The minimum atomic E-state index is -0.720. The van der Waals surface area contributed by atoms with Crippen LogP contribution < -0.4 is 5.32 Å². The fourth-order valence-corrected chi connectivity index (χ4v) is 2.58. The molecule has 1 rings (SSSR count). The summed E-state index contributed by atoms with van der Waals surface area (Å²) in [5.74, 6) is 0. The van der Waals surface area contributed by atoms with Crippen LogP contribution in [0.3, 0.4) is 0 Å². The van der Waals surface area contributed by atoms with E-state index in [0.717, 1.165) is 18.5 Å². The fourth-order valence-electron chi connectivity index (χ4n) is 1.76. The molecule has 0 aliphatic rings. The van der Waals surface area contributed by atoms with Crippen molar-refractivity contribution in [1.82, 2.24) is 5.32 Å². The van der Waals surface area contributed by atoms with E-state index in [9.17, 15) is 5.11 Å². The smallest absolute Gasteiger partial charge is 0.0891 e. The van der Waals surface area contributed by atoms with E-state index in [1.165, 1.54) is 4.88 Å². The van der Waals surface area contributed by atoms with Crippen molar-refractivity contribution >= 4 is 11.3 Å². The molecule has 0 saturated carbocycles. The van der Waals surface area contributed by atoms with Gasteiger partial charge in [0.1, 0.15) is 0 Å². The maximum absolute atomic E-state index is 10.4. The topological polar surface area (TPSA) is 32.3 Å². The van der Waals surface area contributed by atoms with Crippen LogP contribution in [0, 0.1) is 6.92 Å². The number of hydrogen-bond donors (Lipinski definition) is 2.